The number of hydrogen-bond acceptors (Lipinski definition) is 3. The first kappa shape index (κ1) is 14.1. The zero-order chi connectivity index (χ0) is 14.7. The Hall–Kier alpha value is -2.34. The number of benzene rings is 2. The Morgan fingerprint density at radius 2 is 1.90 bits per heavy atom. The molecule has 0 amide bonds. The van der Waals surface area contributed by atoms with Crippen LogP contribution >= 0.6 is 11.6 Å². The molecule has 0 heterocycles. The number of ether oxygens (including phenoxy) is 1. The van der Waals surface area contributed by atoms with Crippen LogP contribution in [-0.2, 0) is 0 Å². The molecular formula is C13H9ClF2N2O2. The SMILES string of the molecule is NC(=NO)c1ccc(Oc2ccc(F)c(F)c2)c(Cl)c1. The van der Waals surface area contributed by atoms with Crippen LogP contribution in [0.15, 0.2) is 41.6 Å². The molecule has 0 spiro atoms. The summed E-state index contributed by atoms with van der Waals surface area (Å²) in [4.78, 5) is 0. The molecule has 0 unspecified atom stereocenters. The van der Waals surface area contributed by atoms with Gasteiger partial charge in [-0.1, -0.05) is 16.8 Å². The van der Waals surface area contributed by atoms with Crippen molar-refractivity contribution in [1.29, 1.82) is 0 Å². The molecule has 3 N–H and O–H groups in total. The topological polar surface area (TPSA) is 67.8 Å². The molecule has 0 radical (unpaired) electrons. The summed E-state index contributed by atoms with van der Waals surface area (Å²) in [6.07, 6.45) is 0. The summed E-state index contributed by atoms with van der Waals surface area (Å²) in [5.41, 5.74) is 5.81. The molecule has 0 atom stereocenters. The van der Waals surface area contributed by atoms with Crippen LogP contribution in [0.1, 0.15) is 5.56 Å². The lowest BCUT2D eigenvalue weighted by molar-refractivity contribution is 0.318. The van der Waals surface area contributed by atoms with Crippen LogP contribution in [0.4, 0.5) is 8.78 Å². The van der Waals surface area contributed by atoms with Gasteiger partial charge in [0.25, 0.3) is 0 Å². The minimum Gasteiger partial charge on any atom is -0.456 e. The van der Waals surface area contributed by atoms with Gasteiger partial charge in [-0.05, 0) is 30.3 Å². The third-order valence-corrected chi connectivity index (χ3v) is 2.75. The fourth-order valence-corrected chi connectivity index (χ4v) is 1.69. The zero-order valence-corrected chi connectivity index (χ0v) is 10.7. The Morgan fingerprint density at radius 1 is 1.15 bits per heavy atom. The van der Waals surface area contributed by atoms with Gasteiger partial charge in [0.1, 0.15) is 11.5 Å². The van der Waals surface area contributed by atoms with Crippen molar-refractivity contribution in [1.82, 2.24) is 0 Å². The van der Waals surface area contributed by atoms with Crippen molar-refractivity contribution in [2.24, 2.45) is 10.9 Å². The number of nitrogens with two attached hydrogens (primary N) is 1. The number of halogens is 3. The highest BCUT2D eigenvalue weighted by molar-refractivity contribution is 6.32. The van der Waals surface area contributed by atoms with E-state index in [2.05, 4.69) is 5.16 Å². The molecule has 0 bridgehead atoms. The lowest BCUT2D eigenvalue weighted by Gasteiger charge is -2.09. The highest BCUT2D eigenvalue weighted by atomic mass is 35.5. The molecule has 0 aliphatic carbocycles. The smallest absolute Gasteiger partial charge is 0.170 e. The van der Waals surface area contributed by atoms with Gasteiger partial charge in [0.05, 0.1) is 5.02 Å². The molecule has 4 nitrogen and oxygen atoms in total. The van der Waals surface area contributed by atoms with E-state index in [-0.39, 0.29) is 22.4 Å². The summed E-state index contributed by atoms with van der Waals surface area (Å²) >= 11 is 5.97. The number of hydrogen-bond donors (Lipinski definition) is 2. The highest BCUT2D eigenvalue weighted by Crippen LogP contribution is 2.30. The molecule has 0 aliphatic rings. The lowest BCUT2D eigenvalue weighted by atomic mass is 10.2. The van der Waals surface area contributed by atoms with Gasteiger partial charge in [-0.15, -0.1) is 0 Å². The van der Waals surface area contributed by atoms with Gasteiger partial charge in [-0.25, -0.2) is 8.78 Å². The predicted octanol–water partition coefficient (Wildman–Crippen LogP) is 3.51. The molecule has 2 aromatic carbocycles. The van der Waals surface area contributed by atoms with E-state index in [9.17, 15) is 8.78 Å². The average Bonchev–Trinajstić information content (AvgIpc) is 2.44. The minimum atomic E-state index is -1.02. The molecule has 104 valence electrons. The van der Waals surface area contributed by atoms with Gasteiger partial charge in [0.15, 0.2) is 17.5 Å². The first-order valence-corrected chi connectivity index (χ1v) is 5.79. The summed E-state index contributed by atoms with van der Waals surface area (Å²) in [7, 11) is 0. The minimum absolute atomic E-state index is 0.0994. The fourth-order valence-electron chi connectivity index (χ4n) is 1.47. The Kier molecular flexibility index (Phi) is 4.05. The normalized spacial score (nSPS) is 11.4. The summed E-state index contributed by atoms with van der Waals surface area (Å²) in [5.74, 6) is -1.77. The number of oxime groups is 1. The van der Waals surface area contributed by atoms with Gasteiger partial charge >= 0.3 is 0 Å². The van der Waals surface area contributed by atoms with E-state index in [0.29, 0.717) is 5.56 Å². The van der Waals surface area contributed by atoms with Gasteiger partial charge in [0.2, 0.25) is 0 Å². The molecule has 0 saturated heterocycles. The Labute approximate surface area is 118 Å². The standard InChI is InChI=1S/C13H9ClF2N2O2/c14-9-5-7(13(17)18-19)1-4-12(9)20-8-2-3-10(15)11(16)6-8/h1-6,19H,(H2,17,18). The summed E-state index contributed by atoms with van der Waals surface area (Å²) in [5, 5.41) is 11.6. The maximum absolute atomic E-state index is 13.1. The quantitative estimate of drug-likeness (QED) is 0.394. The molecular weight excluding hydrogens is 290 g/mol. The van der Waals surface area contributed by atoms with Crippen LogP contribution in [0, 0.1) is 11.6 Å². The van der Waals surface area contributed by atoms with Crippen LogP contribution in [0.2, 0.25) is 5.02 Å². The van der Waals surface area contributed by atoms with E-state index in [1.54, 1.807) is 0 Å². The second-order valence-corrected chi connectivity index (χ2v) is 4.22. The van der Waals surface area contributed by atoms with Crippen LogP contribution in [0.25, 0.3) is 0 Å². The third kappa shape index (κ3) is 2.97. The molecule has 0 saturated carbocycles. The maximum atomic E-state index is 13.1. The number of nitrogens with zero attached hydrogens (tertiary/aromatic N) is 1. The zero-order valence-electron chi connectivity index (χ0n) is 9.98. The van der Waals surface area contributed by atoms with Crippen molar-refractivity contribution in [3.8, 4) is 11.5 Å². The van der Waals surface area contributed by atoms with Crippen molar-refractivity contribution >= 4 is 17.4 Å². The lowest BCUT2D eigenvalue weighted by Crippen LogP contribution is -2.12. The van der Waals surface area contributed by atoms with Crippen molar-refractivity contribution in [3.63, 3.8) is 0 Å². The summed E-state index contributed by atoms with van der Waals surface area (Å²) < 4.78 is 31.2. The van der Waals surface area contributed by atoms with E-state index in [4.69, 9.17) is 27.3 Å². The molecule has 0 aromatic heterocycles. The van der Waals surface area contributed by atoms with E-state index in [1.807, 2.05) is 0 Å². The van der Waals surface area contributed by atoms with Crippen molar-refractivity contribution in [3.05, 3.63) is 58.6 Å². The molecule has 2 aromatic rings. The van der Waals surface area contributed by atoms with Crippen LogP contribution in [-0.4, -0.2) is 11.0 Å². The van der Waals surface area contributed by atoms with Crippen molar-refractivity contribution in [2.75, 3.05) is 0 Å². The van der Waals surface area contributed by atoms with E-state index < -0.39 is 11.6 Å². The first-order chi connectivity index (χ1) is 9.51. The van der Waals surface area contributed by atoms with E-state index in [0.717, 1.165) is 12.1 Å². The largest absolute Gasteiger partial charge is 0.456 e. The predicted molar refractivity (Wildman–Crippen MR) is 70.4 cm³/mol. The second kappa shape index (κ2) is 5.75. The van der Waals surface area contributed by atoms with Gasteiger partial charge in [0, 0.05) is 11.6 Å². The number of amidine groups is 1. The second-order valence-electron chi connectivity index (χ2n) is 3.81. The molecule has 20 heavy (non-hydrogen) atoms. The van der Waals surface area contributed by atoms with E-state index >= 15 is 0 Å². The summed E-state index contributed by atoms with van der Waals surface area (Å²) in [6, 6.07) is 7.53. The van der Waals surface area contributed by atoms with Crippen molar-refractivity contribution < 1.29 is 18.7 Å². The van der Waals surface area contributed by atoms with Gasteiger partial charge in [-0.2, -0.15) is 0 Å². The van der Waals surface area contributed by atoms with Crippen molar-refractivity contribution in [2.45, 2.75) is 0 Å². The summed E-state index contributed by atoms with van der Waals surface area (Å²) in [6.45, 7) is 0. The van der Waals surface area contributed by atoms with Crippen LogP contribution in [0.5, 0.6) is 11.5 Å². The van der Waals surface area contributed by atoms with Crippen LogP contribution in [0.3, 0.4) is 0 Å². The van der Waals surface area contributed by atoms with Gasteiger partial charge < -0.3 is 15.7 Å². The fraction of sp³-hybridized carbons (Fsp3) is 0. The average molecular weight is 299 g/mol. The number of rotatable bonds is 3. The molecule has 2 rings (SSSR count). The molecule has 7 heteroatoms. The van der Waals surface area contributed by atoms with Crippen LogP contribution < -0.4 is 10.5 Å². The Balaban J connectivity index is 2.28. The first-order valence-electron chi connectivity index (χ1n) is 5.41. The molecule has 0 aliphatic heterocycles. The monoisotopic (exact) mass is 298 g/mol. The maximum Gasteiger partial charge on any atom is 0.170 e. The Bertz CT molecular complexity index is 677. The van der Waals surface area contributed by atoms with E-state index in [1.165, 1.54) is 24.3 Å². The molecule has 0 fully saturated rings. The Morgan fingerprint density at radius 3 is 2.50 bits per heavy atom. The highest BCUT2D eigenvalue weighted by Gasteiger charge is 2.09. The third-order valence-electron chi connectivity index (χ3n) is 2.45. The van der Waals surface area contributed by atoms with Gasteiger partial charge in [-0.3, -0.25) is 0 Å².